The Kier molecular flexibility index (Phi) is 7.17. The first-order valence-corrected chi connectivity index (χ1v) is 10.4. The first-order chi connectivity index (χ1) is 15.8. The maximum absolute atomic E-state index is 13.2. The molecule has 1 aromatic heterocycles. The lowest BCUT2D eigenvalue weighted by Crippen LogP contribution is -2.42. The van der Waals surface area contributed by atoms with Crippen LogP contribution >= 0.6 is 0 Å². The number of ether oxygens (including phenoxy) is 2. The molecule has 0 spiro atoms. The van der Waals surface area contributed by atoms with E-state index < -0.39 is 23.7 Å². The molecule has 3 aromatic rings. The van der Waals surface area contributed by atoms with Gasteiger partial charge in [0.25, 0.3) is 11.5 Å². The van der Waals surface area contributed by atoms with E-state index in [9.17, 15) is 19.2 Å². The fourth-order valence-corrected chi connectivity index (χ4v) is 3.48. The molecule has 0 saturated heterocycles. The fraction of sp³-hybridized carbons (Fsp3) is 0.304. The molecule has 0 radical (unpaired) electrons. The molecule has 2 aromatic carbocycles. The van der Waals surface area contributed by atoms with Crippen molar-refractivity contribution < 1.29 is 19.1 Å². The van der Waals surface area contributed by atoms with Gasteiger partial charge in [0.05, 0.1) is 31.7 Å². The lowest BCUT2D eigenvalue weighted by molar-refractivity contribution is -0.118. The molecule has 10 nitrogen and oxygen atoms in total. The highest BCUT2D eigenvalue weighted by atomic mass is 16.5. The van der Waals surface area contributed by atoms with Gasteiger partial charge in [0.15, 0.2) is 11.5 Å². The number of primary amides is 1. The number of benzene rings is 2. The molecule has 0 fully saturated rings. The van der Waals surface area contributed by atoms with Gasteiger partial charge < -0.3 is 20.5 Å². The minimum Gasteiger partial charge on any atom is -0.493 e. The normalized spacial score (nSPS) is 10.8. The predicted octanol–water partition coefficient (Wildman–Crippen LogP) is 0.854. The van der Waals surface area contributed by atoms with Gasteiger partial charge in [0.1, 0.15) is 6.54 Å². The number of carbonyl (C=O) groups excluding carboxylic acids is 2. The van der Waals surface area contributed by atoms with Crippen LogP contribution in [-0.4, -0.2) is 41.7 Å². The molecular formula is C23H26N4O6. The number of rotatable bonds is 9. The van der Waals surface area contributed by atoms with Crippen molar-refractivity contribution in [1.82, 2.24) is 14.5 Å². The number of nitrogens with zero attached hydrogens (tertiary/aromatic N) is 2. The van der Waals surface area contributed by atoms with E-state index >= 15 is 0 Å². The number of methoxy groups -OCH3 is 2. The van der Waals surface area contributed by atoms with E-state index in [1.807, 2.05) is 6.92 Å². The van der Waals surface area contributed by atoms with Gasteiger partial charge in [0.2, 0.25) is 5.91 Å². The summed E-state index contributed by atoms with van der Waals surface area (Å²) in [6.07, 6.45) is 0.822. The Morgan fingerprint density at radius 1 is 1.00 bits per heavy atom. The highest BCUT2D eigenvalue weighted by molar-refractivity contribution is 5.94. The first-order valence-electron chi connectivity index (χ1n) is 10.4. The van der Waals surface area contributed by atoms with Crippen molar-refractivity contribution in [3.8, 4) is 11.5 Å². The third-order valence-corrected chi connectivity index (χ3v) is 5.14. The Hall–Kier alpha value is -4.08. The fourth-order valence-electron chi connectivity index (χ4n) is 3.48. The Bertz CT molecular complexity index is 1310. The van der Waals surface area contributed by atoms with E-state index in [1.54, 1.807) is 24.3 Å². The minimum absolute atomic E-state index is 0.0580. The van der Waals surface area contributed by atoms with Crippen molar-refractivity contribution in [2.24, 2.45) is 5.73 Å². The Balaban J connectivity index is 2.11. The molecule has 0 bridgehead atoms. The number of amides is 2. The van der Waals surface area contributed by atoms with E-state index in [1.165, 1.54) is 26.4 Å². The Morgan fingerprint density at radius 3 is 2.21 bits per heavy atom. The summed E-state index contributed by atoms with van der Waals surface area (Å²) in [5.74, 6) is -0.325. The quantitative estimate of drug-likeness (QED) is 0.492. The van der Waals surface area contributed by atoms with Crippen molar-refractivity contribution in [2.45, 2.75) is 26.4 Å². The van der Waals surface area contributed by atoms with Crippen molar-refractivity contribution in [1.29, 1.82) is 0 Å². The highest BCUT2D eigenvalue weighted by Gasteiger charge is 2.18. The standard InChI is InChI=1S/C23H26N4O6/c1-4-9-25-21(29)15-7-5-14(6-8-15)12-27-22(30)16-10-18(32-2)19(33-3)11-17(16)26(23(27)31)13-20(24)28/h5-8,10-11H,4,9,12-13H2,1-3H3,(H2,24,28)(H,25,29). The lowest BCUT2D eigenvalue weighted by atomic mass is 10.1. The summed E-state index contributed by atoms with van der Waals surface area (Å²) in [5, 5.41) is 2.96. The van der Waals surface area contributed by atoms with Gasteiger partial charge in [-0.25, -0.2) is 4.79 Å². The molecule has 0 atom stereocenters. The smallest absolute Gasteiger partial charge is 0.332 e. The minimum atomic E-state index is -0.735. The molecule has 0 unspecified atom stereocenters. The molecule has 1 heterocycles. The summed E-state index contributed by atoms with van der Waals surface area (Å²) in [5.41, 5.74) is 5.42. The van der Waals surface area contributed by atoms with Crippen molar-refractivity contribution >= 4 is 22.7 Å². The summed E-state index contributed by atoms with van der Waals surface area (Å²) >= 11 is 0. The monoisotopic (exact) mass is 454 g/mol. The number of aromatic nitrogens is 2. The SMILES string of the molecule is CCCNC(=O)c1ccc(Cn2c(=O)c3cc(OC)c(OC)cc3n(CC(N)=O)c2=O)cc1. The summed E-state index contributed by atoms with van der Waals surface area (Å²) in [6, 6.07) is 9.53. The van der Waals surface area contributed by atoms with Gasteiger partial charge in [-0.3, -0.25) is 23.5 Å². The van der Waals surface area contributed by atoms with Crippen LogP contribution in [0.3, 0.4) is 0 Å². The average molecular weight is 454 g/mol. The number of nitrogens with one attached hydrogen (secondary N) is 1. The van der Waals surface area contributed by atoms with Crippen LogP contribution in [0.25, 0.3) is 10.9 Å². The molecule has 3 rings (SSSR count). The van der Waals surface area contributed by atoms with Crippen LogP contribution < -0.4 is 31.8 Å². The zero-order chi connectivity index (χ0) is 24.1. The summed E-state index contributed by atoms with van der Waals surface area (Å²) in [6.45, 7) is 2.06. The molecule has 0 aliphatic rings. The molecule has 10 heteroatoms. The number of hydrogen-bond donors (Lipinski definition) is 2. The second-order valence-electron chi connectivity index (χ2n) is 7.40. The Morgan fingerprint density at radius 2 is 1.64 bits per heavy atom. The molecule has 0 aliphatic heterocycles. The van der Waals surface area contributed by atoms with Crippen LogP contribution in [0.1, 0.15) is 29.3 Å². The molecule has 174 valence electrons. The summed E-state index contributed by atoms with van der Waals surface area (Å²) in [7, 11) is 2.85. The zero-order valence-corrected chi connectivity index (χ0v) is 18.7. The van der Waals surface area contributed by atoms with Crippen LogP contribution in [0.4, 0.5) is 0 Å². The molecular weight excluding hydrogens is 428 g/mol. The van der Waals surface area contributed by atoms with Crippen molar-refractivity contribution in [3.05, 3.63) is 68.4 Å². The third-order valence-electron chi connectivity index (χ3n) is 5.14. The van der Waals surface area contributed by atoms with E-state index in [4.69, 9.17) is 15.2 Å². The van der Waals surface area contributed by atoms with Gasteiger partial charge in [0, 0.05) is 18.2 Å². The summed E-state index contributed by atoms with van der Waals surface area (Å²) < 4.78 is 12.7. The van der Waals surface area contributed by atoms with Gasteiger partial charge in [-0.1, -0.05) is 19.1 Å². The molecule has 2 amide bonds. The van der Waals surface area contributed by atoms with E-state index in [-0.39, 0.29) is 23.4 Å². The third kappa shape index (κ3) is 4.89. The van der Waals surface area contributed by atoms with Crippen LogP contribution in [0.2, 0.25) is 0 Å². The molecule has 33 heavy (non-hydrogen) atoms. The number of hydrogen-bond acceptors (Lipinski definition) is 6. The first kappa shape index (κ1) is 23.6. The van der Waals surface area contributed by atoms with Crippen molar-refractivity contribution in [3.63, 3.8) is 0 Å². The molecule has 0 aliphatic carbocycles. The summed E-state index contributed by atoms with van der Waals surface area (Å²) in [4.78, 5) is 50.2. The van der Waals surface area contributed by atoms with Crippen molar-refractivity contribution in [2.75, 3.05) is 20.8 Å². The maximum atomic E-state index is 13.2. The van der Waals surface area contributed by atoms with Gasteiger partial charge in [-0.2, -0.15) is 0 Å². The lowest BCUT2D eigenvalue weighted by Gasteiger charge is -2.15. The van der Waals surface area contributed by atoms with Crippen LogP contribution in [0.5, 0.6) is 11.5 Å². The van der Waals surface area contributed by atoms with Gasteiger partial charge in [-0.15, -0.1) is 0 Å². The van der Waals surface area contributed by atoms with E-state index in [0.717, 1.165) is 15.6 Å². The van der Waals surface area contributed by atoms with E-state index in [2.05, 4.69) is 5.32 Å². The van der Waals surface area contributed by atoms with Gasteiger partial charge in [-0.05, 0) is 30.2 Å². The topological polar surface area (TPSA) is 135 Å². The van der Waals surface area contributed by atoms with Crippen LogP contribution in [0.15, 0.2) is 46.0 Å². The second kappa shape index (κ2) is 10.0. The number of nitrogens with two attached hydrogens (primary N) is 1. The highest BCUT2D eigenvalue weighted by Crippen LogP contribution is 2.30. The number of fused-ring (bicyclic) bond motifs is 1. The predicted molar refractivity (Wildman–Crippen MR) is 123 cm³/mol. The number of carbonyl (C=O) groups is 2. The largest absolute Gasteiger partial charge is 0.493 e. The van der Waals surface area contributed by atoms with Crippen LogP contribution in [-0.2, 0) is 17.9 Å². The second-order valence-corrected chi connectivity index (χ2v) is 7.40. The zero-order valence-electron chi connectivity index (χ0n) is 18.7. The molecule has 3 N–H and O–H groups in total. The average Bonchev–Trinajstić information content (AvgIpc) is 2.82. The Labute approximate surface area is 189 Å². The van der Waals surface area contributed by atoms with E-state index in [0.29, 0.717) is 29.2 Å². The van der Waals surface area contributed by atoms with Gasteiger partial charge >= 0.3 is 5.69 Å². The van der Waals surface area contributed by atoms with Crippen LogP contribution in [0, 0.1) is 0 Å². The maximum Gasteiger partial charge on any atom is 0.332 e. The molecule has 0 saturated carbocycles.